The predicted octanol–water partition coefficient (Wildman–Crippen LogP) is 2.98. The van der Waals surface area contributed by atoms with Gasteiger partial charge in [0.1, 0.15) is 16.7 Å². The molecule has 0 fully saturated rings. The topological polar surface area (TPSA) is 105 Å². The van der Waals surface area contributed by atoms with Crippen LogP contribution in [0.4, 0.5) is 8.78 Å². The molecule has 3 heterocycles. The summed E-state index contributed by atoms with van der Waals surface area (Å²) in [6.07, 6.45) is 3.56. The summed E-state index contributed by atoms with van der Waals surface area (Å²) < 4.78 is 30.8. The van der Waals surface area contributed by atoms with Crippen LogP contribution in [0.15, 0.2) is 48.8 Å². The van der Waals surface area contributed by atoms with E-state index in [9.17, 15) is 13.6 Å². The third kappa shape index (κ3) is 3.84. The first-order chi connectivity index (χ1) is 15.2. The minimum Gasteiger partial charge on any atom is -0.364 e. The van der Waals surface area contributed by atoms with Crippen molar-refractivity contribution in [2.45, 2.75) is 18.8 Å². The van der Waals surface area contributed by atoms with E-state index in [4.69, 9.17) is 17.3 Å². The molecule has 1 atom stereocenters. The Morgan fingerprint density at radius 1 is 1.25 bits per heavy atom. The van der Waals surface area contributed by atoms with E-state index in [-0.39, 0.29) is 28.6 Å². The second-order valence-electron chi connectivity index (χ2n) is 7.51. The van der Waals surface area contributed by atoms with Gasteiger partial charge in [0.2, 0.25) is 0 Å². The Kier molecular flexibility index (Phi) is 5.47. The van der Waals surface area contributed by atoms with Crippen molar-refractivity contribution in [3.63, 3.8) is 0 Å². The highest BCUT2D eigenvalue weighted by molar-refractivity contribution is 6.29. The van der Waals surface area contributed by atoms with Crippen molar-refractivity contribution < 1.29 is 13.6 Å². The summed E-state index contributed by atoms with van der Waals surface area (Å²) in [5.74, 6) is -2.44. The summed E-state index contributed by atoms with van der Waals surface area (Å²) in [4.78, 5) is 16.6. The van der Waals surface area contributed by atoms with Crippen LogP contribution in [0.1, 0.15) is 34.4 Å². The van der Waals surface area contributed by atoms with E-state index >= 15 is 0 Å². The number of benzene rings is 1. The van der Waals surface area contributed by atoms with Crippen LogP contribution < -0.4 is 5.73 Å². The van der Waals surface area contributed by atoms with Gasteiger partial charge in [0, 0.05) is 36.7 Å². The minimum atomic E-state index is -0.876. The highest BCUT2D eigenvalue weighted by Crippen LogP contribution is 2.36. The van der Waals surface area contributed by atoms with Gasteiger partial charge >= 0.3 is 0 Å². The van der Waals surface area contributed by atoms with Crippen LogP contribution >= 0.6 is 11.6 Å². The van der Waals surface area contributed by atoms with Crippen LogP contribution in [0.25, 0.3) is 5.69 Å². The van der Waals surface area contributed by atoms with Gasteiger partial charge in [-0.25, -0.2) is 18.4 Å². The SMILES string of the molecule is Cn1cc(C(C)(Cc2c(C(N)=O)nnn2-c2ccc(F)cc2F)c2cccc(Cl)n2)cn1. The molecule has 0 aliphatic carbocycles. The van der Waals surface area contributed by atoms with E-state index in [1.807, 2.05) is 6.92 Å². The Morgan fingerprint density at radius 2 is 2.03 bits per heavy atom. The maximum Gasteiger partial charge on any atom is 0.271 e. The maximum absolute atomic E-state index is 14.6. The first kappa shape index (κ1) is 21.6. The van der Waals surface area contributed by atoms with Gasteiger partial charge in [-0.3, -0.25) is 9.48 Å². The van der Waals surface area contributed by atoms with Crippen molar-refractivity contribution in [2.75, 3.05) is 0 Å². The van der Waals surface area contributed by atoms with Gasteiger partial charge < -0.3 is 5.73 Å². The van der Waals surface area contributed by atoms with Crippen molar-refractivity contribution in [3.8, 4) is 5.69 Å². The number of pyridine rings is 1. The summed E-state index contributed by atoms with van der Waals surface area (Å²) in [7, 11) is 1.77. The van der Waals surface area contributed by atoms with Gasteiger partial charge in [-0.1, -0.05) is 22.9 Å². The number of aromatic nitrogens is 6. The number of rotatable bonds is 6. The van der Waals surface area contributed by atoms with Gasteiger partial charge in [-0.05, 0) is 31.2 Å². The molecule has 4 aromatic rings. The molecule has 0 spiro atoms. The lowest BCUT2D eigenvalue weighted by Crippen LogP contribution is -2.30. The first-order valence-corrected chi connectivity index (χ1v) is 9.89. The molecule has 4 rings (SSSR count). The van der Waals surface area contributed by atoms with Crippen LogP contribution in [0.3, 0.4) is 0 Å². The van der Waals surface area contributed by atoms with Gasteiger partial charge in [-0.2, -0.15) is 5.10 Å². The number of amides is 1. The molecule has 0 aliphatic rings. The Balaban J connectivity index is 1.93. The lowest BCUT2D eigenvalue weighted by molar-refractivity contribution is 0.0994. The number of nitrogens with two attached hydrogens (primary N) is 1. The predicted molar refractivity (Wildman–Crippen MR) is 112 cm³/mol. The number of hydrogen-bond acceptors (Lipinski definition) is 5. The zero-order chi connectivity index (χ0) is 23.0. The highest BCUT2D eigenvalue weighted by atomic mass is 35.5. The zero-order valence-corrected chi connectivity index (χ0v) is 17.9. The van der Waals surface area contributed by atoms with Gasteiger partial charge in [0.25, 0.3) is 5.91 Å². The molecule has 11 heteroatoms. The molecule has 0 saturated heterocycles. The van der Waals surface area contributed by atoms with Crippen molar-refractivity contribution in [1.82, 2.24) is 29.8 Å². The average molecular weight is 458 g/mol. The van der Waals surface area contributed by atoms with E-state index < -0.39 is 23.0 Å². The number of nitrogens with zero attached hydrogens (tertiary/aromatic N) is 6. The number of halogens is 3. The van der Waals surface area contributed by atoms with E-state index in [2.05, 4.69) is 20.4 Å². The van der Waals surface area contributed by atoms with E-state index in [1.54, 1.807) is 42.3 Å². The number of carbonyl (C=O) groups excluding carboxylic acids is 1. The lowest BCUT2D eigenvalue weighted by atomic mass is 9.76. The molecule has 0 aliphatic heterocycles. The largest absolute Gasteiger partial charge is 0.364 e. The Bertz CT molecular complexity index is 1320. The number of primary amides is 1. The van der Waals surface area contributed by atoms with Crippen LogP contribution in [0, 0.1) is 11.6 Å². The molecular formula is C21H18ClF2N7O. The van der Waals surface area contributed by atoms with E-state index in [0.717, 1.165) is 22.4 Å². The molecule has 1 aromatic carbocycles. The summed E-state index contributed by atoms with van der Waals surface area (Å²) in [5.41, 5.74) is 6.02. The zero-order valence-electron chi connectivity index (χ0n) is 17.1. The van der Waals surface area contributed by atoms with Crippen molar-refractivity contribution in [1.29, 1.82) is 0 Å². The maximum atomic E-state index is 14.6. The first-order valence-electron chi connectivity index (χ1n) is 9.51. The smallest absolute Gasteiger partial charge is 0.271 e. The fraction of sp³-hybridized carbons (Fsp3) is 0.190. The third-order valence-electron chi connectivity index (χ3n) is 5.28. The highest BCUT2D eigenvalue weighted by Gasteiger charge is 2.36. The lowest BCUT2D eigenvalue weighted by Gasteiger charge is -2.28. The van der Waals surface area contributed by atoms with E-state index in [0.29, 0.717) is 5.69 Å². The van der Waals surface area contributed by atoms with Crippen molar-refractivity contribution in [3.05, 3.63) is 88.2 Å². The summed E-state index contributed by atoms with van der Waals surface area (Å²) in [6.45, 7) is 1.88. The molecule has 164 valence electrons. The van der Waals surface area contributed by atoms with Crippen molar-refractivity contribution >= 4 is 17.5 Å². The molecule has 2 N–H and O–H groups in total. The number of carbonyl (C=O) groups is 1. The second kappa shape index (κ2) is 8.12. The fourth-order valence-electron chi connectivity index (χ4n) is 3.60. The van der Waals surface area contributed by atoms with Gasteiger partial charge in [-0.15, -0.1) is 5.10 Å². The quantitative estimate of drug-likeness (QED) is 0.448. The number of hydrogen-bond donors (Lipinski definition) is 1. The third-order valence-corrected chi connectivity index (χ3v) is 5.49. The molecule has 3 aromatic heterocycles. The van der Waals surface area contributed by atoms with Crippen molar-refractivity contribution in [2.24, 2.45) is 12.8 Å². The average Bonchev–Trinajstić information content (AvgIpc) is 3.35. The molecule has 0 radical (unpaired) electrons. The van der Waals surface area contributed by atoms with Crippen LogP contribution in [-0.4, -0.2) is 35.7 Å². The van der Waals surface area contributed by atoms with Gasteiger partial charge in [0.05, 0.1) is 17.6 Å². The summed E-state index contributed by atoms with van der Waals surface area (Å²) in [5, 5.41) is 12.3. The second-order valence-corrected chi connectivity index (χ2v) is 7.90. The molecule has 0 saturated carbocycles. The minimum absolute atomic E-state index is 0.0750. The molecule has 32 heavy (non-hydrogen) atoms. The van der Waals surface area contributed by atoms with Crippen LogP contribution in [0.2, 0.25) is 5.15 Å². The summed E-state index contributed by atoms with van der Waals surface area (Å²) >= 11 is 6.15. The number of aryl methyl sites for hydroxylation is 1. The molecule has 8 nitrogen and oxygen atoms in total. The summed E-state index contributed by atoms with van der Waals surface area (Å²) in [6, 6.07) is 8.21. The molecule has 1 unspecified atom stereocenters. The molecule has 0 bridgehead atoms. The van der Waals surface area contributed by atoms with Crippen LogP contribution in [0.5, 0.6) is 0 Å². The Hall–Kier alpha value is -3.66. The standard InChI is InChI=1S/C21H18ClF2N7O/c1-21(12-10-26-30(2)11-12,17-4-3-5-18(22)27-17)9-16-19(20(25)32)28-29-31(16)15-7-6-13(23)8-14(15)24/h3-8,10-11H,9H2,1-2H3,(H2,25,32). The van der Waals surface area contributed by atoms with E-state index in [1.165, 1.54) is 6.07 Å². The normalized spacial score (nSPS) is 13.2. The Morgan fingerprint density at radius 3 is 2.66 bits per heavy atom. The molecule has 1 amide bonds. The van der Waals surface area contributed by atoms with Crippen LogP contribution in [-0.2, 0) is 18.9 Å². The molecular weight excluding hydrogens is 440 g/mol. The fourth-order valence-corrected chi connectivity index (χ4v) is 3.76. The Labute approximate surface area is 186 Å². The van der Waals surface area contributed by atoms with Gasteiger partial charge in [0.15, 0.2) is 11.5 Å². The monoisotopic (exact) mass is 457 g/mol.